The third kappa shape index (κ3) is 3.05. The van der Waals surface area contributed by atoms with E-state index in [9.17, 15) is 0 Å². The largest absolute Gasteiger partial charge is 0.497 e. The number of pyridine rings is 1. The number of benzene rings is 1. The van der Waals surface area contributed by atoms with Gasteiger partial charge in [-0.25, -0.2) is 4.98 Å². The lowest BCUT2D eigenvalue weighted by Crippen LogP contribution is -2.02. The quantitative estimate of drug-likeness (QED) is 0.890. The molecule has 0 aliphatic carbocycles. The topological polar surface area (TPSA) is 60.2 Å². The molecule has 3 N–H and O–H groups in total. The van der Waals surface area contributed by atoms with Crippen molar-refractivity contribution in [2.45, 2.75) is 6.54 Å². The number of rotatable bonds is 4. The predicted octanol–water partition coefficient (Wildman–Crippen LogP) is 2.94. The zero-order chi connectivity index (χ0) is 13.0. The summed E-state index contributed by atoms with van der Waals surface area (Å²) < 4.78 is 5.16. The van der Waals surface area contributed by atoms with E-state index in [1.165, 1.54) is 0 Å². The molecule has 1 aromatic carbocycles. The lowest BCUT2D eigenvalue weighted by atomic mass is 10.2. The van der Waals surface area contributed by atoms with Gasteiger partial charge in [-0.2, -0.15) is 0 Å². The summed E-state index contributed by atoms with van der Waals surface area (Å²) in [7, 11) is 1.64. The van der Waals surface area contributed by atoms with E-state index in [1.807, 2.05) is 24.3 Å². The molecule has 0 saturated heterocycles. The molecule has 2 rings (SSSR count). The van der Waals surface area contributed by atoms with Crippen LogP contribution in [0.1, 0.15) is 5.56 Å². The van der Waals surface area contributed by atoms with Gasteiger partial charge in [0.15, 0.2) is 0 Å². The van der Waals surface area contributed by atoms with Crippen LogP contribution in [-0.2, 0) is 6.54 Å². The van der Waals surface area contributed by atoms with Gasteiger partial charge in [0.05, 0.1) is 24.0 Å². The second-order valence-electron chi connectivity index (χ2n) is 3.80. The van der Waals surface area contributed by atoms with Gasteiger partial charge in [-0.1, -0.05) is 23.7 Å². The van der Waals surface area contributed by atoms with Gasteiger partial charge in [0.25, 0.3) is 0 Å². The molecule has 0 amide bonds. The Kier molecular flexibility index (Phi) is 3.89. The summed E-state index contributed by atoms with van der Waals surface area (Å²) in [6.45, 7) is 0.619. The van der Waals surface area contributed by atoms with Crippen molar-refractivity contribution in [3.8, 4) is 5.75 Å². The van der Waals surface area contributed by atoms with E-state index >= 15 is 0 Å². The minimum atomic E-state index is 0.512. The molecule has 94 valence electrons. The van der Waals surface area contributed by atoms with Crippen molar-refractivity contribution in [1.82, 2.24) is 4.98 Å². The van der Waals surface area contributed by atoms with E-state index in [4.69, 9.17) is 22.1 Å². The Morgan fingerprint density at radius 3 is 2.94 bits per heavy atom. The highest BCUT2D eigenvalue weighted by Crippen LogP contribution is 2.22. The van der Waals surface area contributed by atoms with Crippen molar-refractivity contribution in [1.29, 1.82) is 0 Å². The summed E-state index contributed by atoms with van der Waals surface area (Å²) in [6.07, 6.45) is 1.57. The van der Waals surface area contributed by atoms with Crippen molar-refractivity contribution in [2.24, 2.45) is 0 Å². The normalized spacial score (nSPS) is 10.1. The molecule has 0 atom stereocenters. The highest BCUT2D eigenvalue weighted by atomic mass is 35.5. The molecule has 0 saturated carbocycles. The summed E-state index contributed by atoms with van der Waals surface area (Å²) in [5, 5.41) is 3.67. The number of ether oxygens (including phenoxy) is 1. The molecular weight excluding hydrogens is 250 g/mol. The molecule has 0 aliphatic rings. The number of nitrogens with zero attached hydrogens (tertiary/aromatic N) is 1. The van der Waals surface area contributed by atoms with Crippen LogP contribution in [0, 0.1) is 0 Å². The van der Waals surface area contributed by atoms with Gasteiger partial charge in [-0.3, -0.25) is 0 Å². The molecule has 2 aromatic rings. The highest BCUT2D eigenvalue weighted by molar-refractivity contribution is 6.33. The SMILES string of the molecule is COc1cccc(CNc2ncc(N)cc2Cl)c1. The van der Waals surface area contributed by atoms with E-state index in [0.717, 1.165) is 11.3 Å². The van der Waals surface area contributed by atoms with Crippen LogP contribution >= 0.6 is 11.6 Å². The van der Waals surface area contributed by atoms with E-state index in [2.05, 4.69) is 10.3 Å². The molecule has 0 spiro atoms. The van der Waals surface area contributed by atoms with E-state index in [1.54, 1.807) is 19.4 Å². The van der Waals surface area contributed by atoms with Gasteiger partial charge in [0.2, 0.25) is 0 Å². The van der Waals surface area contributed by atoms with Gasteiger partial charge < -0.3 is 15.8 Å². The standard InChI is InChI=1S/C13H14ClN3O/c1-18-11-4-2-3-9(5-11)7-16-13-12(14)6-10(15)8-17-13/h2-6,8H,7,15H2,1H3,(H,16,17). The minimum Gasteiger partial charge on any atom is -0.497 e. The first-order chi connectivity index (χ1) is 8.69. The van der Waals surface area contributed by atoms with Crippen LogP contribution in [0.25, 0.3) is 0 Å². The van der Waals surface area contributed by atoms with Crippen LogP contribution in [0.2, 0.25) is 5.02 Å². The Morgan fingerprint density at radius 1 is 1.39 bits per heavy atom. The second kappa shape index (κ2) is 5.60. The fourth-order valence-electron chi connectivity index (χ4n) is 1.55. The maximum Gasteiger partial charge on any atom is 0.145 e. The van der Waals surface area contributed by atoms with Gasteiger partial charge >= 0.3 is 0 Å². The smallest absolute Gasteiger partial charge is 0.145 e. The molecule has 18 heavy (non-hydrogen) atoms. The molecule has 4 nitrogen and oxygen atoms in total. The summed E-state index contributed by atoms with van der Waals surface area (Å²) in [5.41, 5.74) is 7.22. The Labute approximate surface area is 111 Å². The average Bonchev–Trinajstić information content (AvgIpc) is 2.38. The summed E-state index contributed by atoms with van der Waals surface area (Å²) in [5.74, 6) is 1.44. The van der Waals surface area contributed by atoms with Crippen LogP contribution in [-0.4, -0.2) is 12.1 Å². The number of nitrogens with one attached hydrogen (secondary N) is 1. The minimum absolute atomic E-state index is 0.512. The van der Waals surface area contributed by atoms with Crippen LogP contribution in [0.5, 0.6) is 5.75 Å². The summed E-state index contributed by atoms with van der Waals surface area (Å²) in [6, 6.07) is 9.47. The van der Waals surface area contributed by atoms with Crippen LogP contribution in [0.3, 0.4) is 0 Å². The first-order valence-electron chi connectivity index (χ1n) is 5.47. The van der Waals surface area contributed by atoms with Crippen molar-refractivity contribution >= 4 is 23.1 Å². The monoisotopic (exact) mass is 263 g/mol. The molecular formula is C13H14ClN3O. The van der Waals surface area contributed by atoms with Crippen molar-refractivity contribution < 1.29 is 4.74 Å². The van der Waals surface area contributed by atoms with E-state index < -0.39 is 0 Å². The Hall–Kier alpha value is -1.94. The predicted molar refractivity (Wildman–Crippen MR) is 74.0 cm³/mol. The fraction of sp³-hybridized carbons (Fsp3) is 0.154. The second-order valence-corrected chi connectivity index (χ2v) is 4.21. The maximum absolute atomic E-state index is 6.02. The number of nitrogen functional groups attached to an aromatic ring is 1. The average molecular weight is 264 g/mol. The Balaban J connectivity index is 2.06. The summed E-state index contributed by atoms with van der Waals surface area (Å²) >= 11 is 6.02. The zero-order valence-corrected chi connectivity index (χ0v) is 10.7. The molecule has 0 fully saturated rings. The van der Waals surface area contributed by atoms with Crippen LogP contribution in [0.15, 0.2) is 36.5 Å². The molecule has 1 heterocycles. The number of anilines is 2. The Morgan fingerprint density at radius 2 is 2.22 bits per heavy atom. The number of hydrogen-bond donors (Lipinski definition) is 2. The number of hydrogen-bond acceptors (Lipinski definition) is 4. The van der Waals surface area contributed by atoms with Gasteiger partial charge in [0.1, 0.15) is 11.6 Å². The molecule has 0 radical (unpaired) electrons. The maximum atomic E-state index is 6.02. The first kappa shape index (κ1) is 12.5. The van der Waals surface area contributed by atoms with Crippen LogP contribution < -0.4 is 15.8 Å². The first-order valence-corrected chi connectivity index (χ1v) is 5.84. The molecule has 1 aromatic heterocycles. The highest BCUT2D eigenvalue weighted by Gasteiger charge is 2.02. The van der Waals surface area contributed by atoms with E-state index in [-0.39, 0.29) is 0 Å². The third-order valence-corrected chi connectivity index (χ3v) is 2.74. The van der Waals surface area contributed by atoms with Gasteiger partial charge in [0, 0.05) is 6.54 Å². The number of aromatic nitrogens is 1. The van der Waals surface area contributed by atoms with Crippen molar-refractivity contribution in [3.05, 3.63) is 47.1 Å². The Bertz CT molecular complexity index is 546. The van der Waals surface area contributed by atoms with Crippen LogP contribution in [0.4, 0.5) is 11.5 Å². The third-order valence-electron chi connectivity index (χ3n) is 2.46. The fourth-order valence-corrected chi connectivity index (χ4v) is 1.79. The van der Waals surface area contributed by atoms with Gasteiger partial charge in [-0.15, -0.1) is 0 Å². The molecule has 0 unspecified atom stereocenters. The molecule has 5 heteroatoms. The lowest BCUT2D eigenvalue weighted by Gasteiger charge is -2.08. The number of nitrogens with two attached hydrogens (primary N) is 1. The molecule has 0 aliphatic heterocycles. The van der Waals surface area contributed by atoms with Crippen molar-refractivity contribution in [3.63, 3.8) is 0 Å². The lowest BCUT2D eigenvalue weighted by molar-refractivity contribution is 0.414. The summed E-state index contributed by atoms with van der Waals surface area (Å²) in [4.78, 5) is 4.14. The number of halogens is 1. The van der Waals surface area contributed by atoms with Gasteiger partial charge in [-0.05, 0) is 23.8 Å². The van der Waals surface area contributed by atoms with E-state index in [0.29, 0.717) is 23.1 Å². The van der Waals surface area contributed by atoms with Crippen molar-refractivity contribution in [2.75, 3.05) is 18.2 Å². The molecule has 0 bridgehead atoms. The zero-order valence-electron chi connectivity index (χ0n) is 9.98. The number of methoxy groups -OCH3 is 1.